The molecule has 1 aromatic carbocycles. The molecular weight excluding hydrogens is 192 g/mol. The van der Waals surface area contributed by atoms with Gasteiger partial charge in [0.15, 0.2) is 0 Å². The molecule has 0 unspecified atom stereocenters. The molecule has 4 heteroatoms. The Hall–Kier alpha value is -1.97. The van der Waals surface area contributed by atoms with Crippen molar-refractivity contribution in [1.82, 2.24) is 4.98 Å². The van der Waals surface area contributed by atoms with Crippen LogP contribution in [-0.4, -0.2) is 9.91 Å². The molecular formula is C11H10N2O2. The molecule has 0 amide bonds. The van der Waals surface area contributed by atoms with Gasteiger partial charge >= 0.3 is 0 Å². The standard InChI is InChI=1S/C11H10N2O2/c1-7-5-9-6-10(13(14)15)3-4-11(9)8(2)12-7/h3-6H,1-2H3. The molecule has 0 spiro atoms. The van der Waals surface area contributed by atoms with E-state index in [-0.39, 0.29) is 10.6 Å². The maximum Gasteiger partial charge on any atom is 0.270 e. The molecule has 0 radical (unpaired) electrons. The van der Waals surface area contributed by atoms with E-state index in [1.807, 2.05) is 19.9 Å². The van der Waals surface area contributed by atoms with Gasteiger partial charge in [-0.15, -0.1) is 0 Å². The van der Waals surface area contributed by atoms with Crippen molar-refractivity contribution in [3.05, 3.63) is 45.8 Å². The third-order valence-electron chi connectivity index (χ3n) is 2.34. The zero-order chi connectivity index (χ0) is 11.0. The number of hydrogen-bond acceptors (Lipinski definition) is 3. The number of pyridine rings is 1. The minimum absolute atomic E-state index is 0.118. The Morgan fingerprint density at radius 1 is 1.27 bits per heavy atom. The van der Waals surface area contributed by atoms with Gasteiger partial charge in [0.05, 0.1) is 4.92 Å². The second-order valence-electron chi connectivity index (χ2n) is 3.51. The van der Waals surface area contributed by atoms with E-state index in [0.717, 1.165) is 22.2 Å². The van der Waals surface area contributed by atoms with Crippen LogP contribution in [0.1, 0.15) is 11.4 Å². The van der Waals surface area contributed by atoms with Crippen molar-refractivity contribution in [1.29, 1.82) is 0 Å². The second-order valence-corrected chi connectivity index (χ2v) is 3.51. The van der Waals surface area contributed by atoms with Crippen molar-refractivity contribution in [2.75, 3.05) is 0 Å². The van der Waals surface area contributed by atoms with Gasteiger partial charge in [0, 0.05) is 28.9 Å². The molecule has 4 nitrogen and oxygen atoms in total. The molecule has 0 aliphatic rings. The number of nitro groups is 1. The SMILES string of the molecule is Cc1cc2cc([N+](=O)[O-])ccc2c(C)n1. The van der Waals surface area contributed by atoms with Crippen molar-refractivity contribution in [3.8, 4) is 0 Å². The van der Waals surface area contributed by atoms with Crippen molar-refractivity contribution < 1.29 is 4.92 Å². The van der Waals surface area contributed by atoms with Crippen LogP contribution >= 0.6 is 0 Å². The van der Waals surface area contributed by atoms with Gasteiger partial charge in [-0.25, -0.2) is 0 Å². The van der Waals surface area contributed by atoms with Gasteiger partial charge in [0.1, 0.15) is 0 Å². The molecule has 15 heavy (non-hydrogen) atoms. The zero-order valence-corrected chi connectivity index (χ0v) is 8.52. The van der Waals surface area contributed by atoms with E-state index in [0.29, 0.717) is 0 Å². The first-order valence-electron chi connectivity index (χ1n) is 4.60. The van der Waals surface area contributed by atoms with Crippen LogP contribution in [0.4, 0.5) is 5.69 Å². The topological polar surface area (TPSA) is 56.0 Å². The van der Waals surface area contributed by atoms with Gasteiger partial charge in [-0.05, 0) is 31.4 Å². The largest absolute Gasteiger partial charge is 0.270 e. The van der Waals surface area contributed by atoms with Crippen LogP contribution in [0.5, 0.6) is 0 Å². The number of rotatable bonds is 1. The Balaban J connectivity index is 2.76. The smallest absolute Gasteiger partial charge is 0.258 e. The molecule has 1 heterocycles. The highest BCUT2D eigenvalue weighted by molar-refractivity contribution is 5.86. The number of nitrogens with zero attached hydrogens (tertiary/aromatic N) is 2. The summed E-state index contributed by atoms with van der Waals surface area (Å²) in [5.41, 5.74) is 1.90. The molecule has 2 aromatic rings. The highest BCUT2D eigenvalue weighted by Gasteiger charge is 2.07. The average molecular weight is 202 g/mol. The molecule has 1 aromatic heterocycles. The van der Waals surface area contributed by atoms with Gasteiger partial charge in [0.2, 0.25) is 0 Å². The van der Waals surface area contributed by atoms with Gasteiger partial charge in [-0.1, -0.05) is 0 Å². The lowest BCUT2D eigenvalue weighted by molar-refractivity contribution is -0.384. The summed E-state index contributed by atoms with van der Waals surface area (Å²) in [5.74, 6) is 0. The summed E-state index contributed by atoms with van der Waals surface area (Å²) in [6.07, 6.45) is 0. The van der Waals surface area contributed by atoms with Gasteiger partial charge in [-0.3, -0.25) is 15.1 Å². The molecule has 0 saturated heterocycles. The molecule has 0 N–H and O–H groups in total. The van der Waals surface area contributed by atoms with Gasteiger partial charge < -0.3 is 0 Å². The molecule has 0 fully saturated rings. The molecule has 76 valence electrons. The summed E-state index contributed by atoms with van der Waals surface area (Å²) in [4.78, 5) is 14.5. The van der Waals surface area contributed by atoms with E-state index in [1.54, 1.807) is 12.1 Å². The van der Waals surface area contributed by atoms with Crippen molar-refractivity contribution >= 4 is 16.5 Å². The molecule has 0 aliphatic heterocycles. The third kappa shape index (κ3) is 1.66. The second kappa shape index (κ2) is 3.31. The summed E-state index contributed by atoms with van der Waals surface area (Å²) >= 11 is 0. The first-order chi connectivity index (χ1) is 7.08. The third-order valence-corrected chi connectivity index (χ3v) is 2.34. The highest BCUT2D eigenvalue weighted by Crippen LogP contribution is 2.23. The van der Waals surface area contributed by atoms with Crippen LogP contribution < -0.4 is 0 Å². The number of benzene rings is 1. The summed E-state index contributed by atoms with van der Waals surface area (Å²) in [5, 5.41) is 12.4. The monoisotopic (exact) mass is 202 g/mol. The quantitative estimate of drug-likeness (QED) is 0.527. The number of aromatic nitrogens is 1. The molecule has 0 aliphatic carbocycles. The van der Waals surface area contributed by atoms with Crippen LogP contribution in [0.25, 0.3) is 10.8 Å². The fourth-order valence-corrected chi connectivity index (χ4v) is 1.69. The lowest BCUT2D eigenvalue weighted by Gasteiger charge is -2.02. The Morgan fingerprint density at radius 3 is 2.67 bits per heavy atom. The zero-order valence-electron chi connectivity index (χ0n) is 8.52. The maximum atomic E-state index is 10.6. The Morgan fingerprint density at radius 2 is 2.00 bits per heavy atom. The predicted octanol–water partition coefficient (Wildman–Crippen LogP) is 2.76. The first-order valence-corrected chi connectivity index (χ1v) is 4.60. The van der Waals surface area contributed by atoms with Crippen molar-refractivity contribution in [3.63, 3.8) is 0 Å². The minimum atomic E-state index is -0.384. The molecule has 0 bridgehead atoms. The lowest BCUT2D eigenvalue weighted by Crippen LogP contribution is -1.91. The van der Waals surface area contributed by atoms with E-state index in [9.17, 15) is 10.1 Å². The van der Waals surface area contributed by atoms with Crippen LogP contribution in [0.3, 0.4) is 0 Å². The van der Waals surface area contributed by atoms with Crippen LogP contribution in [0.2, 0.25) is 0 Å². The molecule has 2 rings (SSSR count). The Labute approximate surface area is 86.7 Å². The maximum absolute atomic E-state index is 10.6. The number of hydrogen-bond donors (Lipinski definition) is 0. The van der Waals surface area contributed by atoms with E-state index in [1.165, 1.54) is 6.07 Å². The van der Waals surface area contributed by atoms with Crippen LogP contribution in [-0.2, 0) is 0 Å². The molecule has 0 saturated carbocycles. The number of fused-ring (bicyclic) bond motifs is 1. The summed E-state index contributed by atoms with van der Waals surface area (Å²) < 4.78 is 0. The van der Waals surface area contributed by atoms with Crippen LogP contribution in [0.15, 0.2) is 24.3 Å². The Kier molecular flexibility index (Phi) is 2.11. The Bertz CT molecular complexity index is 550. The lowest BCUT2D eigenvalue weighted by atomic mass is 10.1. The molecule has 0 atom stereocenters. The fraction of sp³-hybridized carbons (Fsp3) is 0.182. The van der Waals surface area contributed by atoms with Crippen molar-refractivity contribution in [2.45, 2.75) is 13.8 Å². The number of nitro benzene ring substituents is 1. The number of aryl methyl sites for hydroxylation is 2. The van der Waals surface area contributed by atoms with Gasteiger partial charge in [0.25, 0.3) is 5.69 Å². The highest BCUT2D eigenvalue weighted by atomic mass is 16.6. The van der Waals surface area contributed by atoms with E-state index in [4.69, 9.17) is 0 Å². The van der Waals surface area contributed by atoms with Crippen LogP contribution in [0, 0.1) is 24.0 Å². The summed E-state index contributed by atoms with van der Waals surface area (Å²) in [6.45, 7) is 3.78. The summed E-state index contributed by atoms with van der Waals surface area (Å²) in [7, 11) is 0. The number of non-ortho nitro benzene ring substituents is 1. The minimum Gasteiger partial charge on any atom is -0.258 e. The van der Waals surface area contributed by atoms with E-state index < -0.39 is 0 Å². The fourth-order valence-electron chi connectivity index (χ4n) is 1.69. The summed E-state index contributed by atoms with van der Waals surface area (Å²) in [6, 6.07) is 6.69. The first kappa shape index (κ1) is 9.58. The van der Waals surface area contributed by atoms with Gasteiger partial charge in [-0.2, -0.15) is 0 Å². The van der Waals surface area contributed by atoms with E-state index >= 15 is 0 Å². The van der Waals surface area contributed by atoms with E-state index in [2.05, 4.69) is 4.98 Å². The van der Waals surface area contributed by atoms with Crippen molar-refractivity contribution in [2.24, 2.45) is 0 Å². The predicted molar refractivity (Wildman–Crippen MR) is 57.9 cm³/mol. The average Bonchev–Trinajstić information content (AvgIpc) is 2.16. The normalized spacial score (nSPS) is 10.5.